The Morgan fingerprint density at radius 3 is 2.33 bits per heavy atom. The van der Waals surface area contributed by atoms with Crippen LogP contribution in [0.25, 0.3) is 0 Å². The average Bonchev–Trinajstić information content (AvgIpc) is 1.81. The Kier molecular flexibility index (Phi) is 14.8. The van der Waals surface area contributed by atoms with Crippen molar-refractivity contribution in [3.8, 4) is 0 Å². The molecular formula is C8H18Al. The van der Waals surface area contributed by atoms with E-state index in [0.717, 1.165) is 6.42 Å². The first kappa shape index (κ1) is 12.0. The third kappa shape index (κ3) is 11.7. The number of unbranched alkanes of at least 4 members (excludes halogenated alkanes) is 4. The van der Waals surface area contributed by atoms with E-state index in [2.05, 4.69) is 6.92 Å². The molecule has 9 heavy (non-hydrogen) atoms. The summed E-state index contributed by atoms with van der Waals surface area (Å²) in [5.74, 6) is 0. The van der Waals surface area contributed by atoms with Crippen LogP contribution in [0.2, 0.25) is 0 Å². The van der Waals surface area contributed by atoms with Crippen LogP contribution in [-0.2, 0) is 0 Å². The van der Waals surface area contributed by atoms with E-state index in [9.17, 15) is 0 Å². The van der Waals surface area contributed by atoms with Gasteiger partial charge in [0.1, 0.15) is 0 Å². The van der Waals surface area contributed by atoms with E-state index >= 15 is 0 Å². The Morgan fingerprint density at radius 1 is 1.22 bits per heavy atom. The van der Waals surface area contributed by atoms with E-state index in [4.69, 9.17) is 6.58 Å². The van der Waals surface area contributed by atoms with Gasteiger partial charge in [-0.25, -0.2) is 0 Å². The zero-order chi connectivity index (χ0) is 6.24. The Balaban J connectivity index is 0. The van der Waals surface area contributed by atoms with E-state index in [1.807, 2.05) is 0 Å². The highest BCUT2D eigenvalue weighted by Crippen LogP contribution is 2.01. The Hall–Kier alpha value is 0.272. The molecule has 0 aromatic rings. The van der Waals surface area contributed by atoms with Crippen LogP contribution in [0.1, 0.15) is 39.0 Å². The van der Waals surface area contributed by atoms with Crippen molar-refractivity contribution in [2.45, 2.75) is 39.0 Å². The lowest BCUT2D eigenvalue weighted by molar-refractivity contribution is 0.674. The van der Waals surface area contributed by atoms with Crippen molar-refractivity contribution in [1.82, 2.24) is 0 Å². The van der Waals surface area contributed by atoms with Gasteiger partial charge in [-0.3, -0.25) is 0 Å². The molecule has 0 aliphatic carbocycles. The fourth-order valence-electron chi connectivity index (χ4n) is 0.689. The number of hydrogen-bond acceptors (Lipinski definition) is 0. The average molecular weight is 141 g/mol. The molecule has 0 unspecified atom stereocenters. The molecule has 0 fully saturated rings. The van der Waals surface area contributed by atoms with Crippen molar-refractivity contribution in [2.24, 2.45) is 0 Å². The number of allylic oxidation sites excluding steroid dienone is 1. The summed E-state index contributed by atoms with van der Waals surface area (Å²) < 4.78 is 0. The molecule has 0 aliphatic heterocycles. The van der Waals surface area contributed by atoms with E-state index in [0.29, 0.717) is 0 Å². The molecule has 1 radical (unpaired) electrons. The molecule has 0 N–H and O–H groups in total. The van der Waals surface area contributed by atoms with Crippen LogP contribution in [0, 0.1) is 6.58 Å². The summed E-state index contributed by atoms with van der Waals surface area (Å²) in [5, 5.41) is 0. The first-order chi connectivity index (χ1) is 3.91. The van der Waals surface area contributed by atoms with Crippen LogP contribution in [0.5, 0.6) is 0 Å². The van der Waals surface area contributed by atoms with Crippen LogP contribution >= 0.6 is 0 Å². The van der Waals surface area contributed by atoms with Gasteiger partial charge in [-0.2, -0.15) is 0 Å². The highest BCUT2D eigenvalue weighted by atomic mass is 27.0. The van der Waals surface area contributed by atoms with Crippen molar-refractivity contribution >= 4 is 17.4 Å². The number of rotatable bonds is 5. The molecule has 0 amide bonds. The Labute approximate surface area is 69.5 Å². The van der Waals surface area contributed by atoms with Gasteiger partial charge in [0.2, 0.25) is 0 Å². The maximum Gasteiger partial charge on any atom is 0.187 e. The van der Waals surface area contributed by atoms with Crippen molar-refractivity contribution < 1.29 is 0 Å². The van der Waals surface area contributed by atoms with Gasteiger partial charge in [-0.15, -0.1) is 0 Å². The molecule has 0 rings (SSSR count). The molecule has 0 bridgehead atoms. The van der Waals surface area contributed by atoms with Crippen molar-refractivity contribution in [2.75, 3.05) is 0 Å². The van der Waals surface area contributed by atoms with Gasteiger partial charge in [-0.05, 0) is 12.8 Å². The lowest BCUT2D eigenvalue weighted by atomic mass is 10.2. The van der Waals surface area contributed by atoms with Crippen molar-refractivity contribution in [3.63, 3.8) is 0 Å². The van der Waals surface area contributed by atoms with Gasteiger partial charge >= 0.3 is 0 Å². The van der Waals surface area contributed by atoms with Gasteiger partial charge in [0.25, 0.3) is 0 Å². The number of hydrogen-bond donors (Lipinski definition) is 0. The molecule has 0 spiro atoms. The fraction of sp³-hybridized carbons (Fsp3) is 0.750. The monoisotopic (exact) mass is 141 g/mol. The van der Waals surface area contributed by atoms with Crippen molar-refractivity contribution in [1.29, 1.82) is 0 Å². The summed E-state index contributed by atoms with van der Waals surface area (Å²) in [4.78, 5) is 0. The summed E-state index contributed by atoms with van der Waals surface area (Å²) in [6, 6.07) is 0. The minimum absolute atomic E-state index is 0. The Morgan fingerprint density at radius 2 is 1.89 bits per heavy atom. The van der Waals surface area contributed by atoms with Crippen LogP contribution in [0.4, 0.5) is 0 Å². The molecule has 53 valence electrons. The van der Waals surface area contributed by atoms with Crippen LogP contribution in [-0.4, -0.2) is 17.4 Å². The predicted octanol–water partition coefficient (Wildman–Crippen LogP) is 1.76. The third-order valence-corrected chi connectivity index (χ3v) is 1.22. The Bertz CT molecular complexity index is 50.5. The van der Waals surface area contributed by atoms with Crippen LogP contribution in [0.3, 0.4) is 0 Å². The summed E-state index contributed by atoms with van der Waals surface area (Å²) in [7, 11) is 0. The topological polar surface area (TPSA) is 0 Å². The van der Waals surface area contributed by atoms with Gasteiger partial charge in [0, 0.05) is 0 Å². The maximum atomic E-state index is 5.19. The smallest absolute Gasteiger partial charge is 0.0845 e. The molecular weight excluding hydrogens is 123 g/mol. The minimum Gasteiger partial charge on any atom is -0.0845 e. The zero-order valence-electron chi connectivity index (χ0n) is 5.69. The normalized spacial score (nSPS) is 8.11. The fourth-order valence-corrected chi connectivity index (χ4v) is 0.689. The SMILES string of the molecule is [AlH3].[CH]=CCCCCCC. The van der Waals surface area contributed by atoms with E-state index in [1.54, 1.807) is 6.08 Å². The van der Waals surface area contributed by atoms with Crippen molar-refractivity contribution in [3.05, 3.63) is 12.7 Å². The third-order valence-electron chi connectivity index (χ3n) is 1.22. The molecule has 0 nitrogen and oxygen atoms in total. The highest BCUT2D eigenvalue weighted by molar-refractivity contribution is 5.75. The van der Waals surface area contributed by atoms with Crippen LogP contribution < -0.4 is 0 Å². The molecule has 0 saturated carbocycles. The lowest BCUT2D eigenvalue weighted by Gasteiger charge is -1.91. The largest absolute Gasteiger partial charge is 0.187 e. The van der Waals surface area contributed by atoms with E-state index < -0.39 is 0 Å². The molecule has 1 heteroatoms. The molecule has 0 aromatic carbocycles. The zero-order valence-corrected chi connectivity index (χ0v) is 5.69. The van der Waals surface area contributed by atoms with Crippen LogP contribution in [0.15, 0.2) is 6.08 Å². The first-order valence-electron chi connectivity index (χ1n) is 3.45. The lowest BCUT2D eigenvalue weighted by Crippen LogP contribution is -1.71. The second kappa shape index (κ2) is 11.1. The second-order valence-corrected chi connectivity index (χ2v) is 2.09. The minimum atomic E-state index is 0. The van der Waals surface area contributed by atoms with Gasteiger partial charge in [-0.1, -0.05) is 38.8 Å². The van der Waals surface area contributed by atoms with E-state index in [-0.39, 0.29) is 17.4 Å². The van der Waals surface area contributed by atoms with Gasteiger partial charge < -0.3 is 0 Å². The highest BCUT2D eigenvalue weighted by Gasteiger charge is 1.81. The predicted molar refractivity (Wildman–Crippen MR) is 47.6 cm³/mol. The van der Waals surface area contributed by atoms with Gasteiger partial charge in [0.05, 0.1) is 0 Å². The molecule has 0 saturated heterocycles. The van der Waals surface area contributed by atoms with Gasteiger partial charge in [0.15, 0.2) is 17.4 Å². The summed E-state index contributed by atoms with van der Waals surface area (Å²) >= 11 is 0. The maximum absolute atomic E-state index is 5.19. The molecule has 0 aromatic heterocycles. The molecule has 0 heterocycles. The summed E-state index contributed by atoms with van der Waals surface area (Å²) in [6.07, 6.45) is 8.10. The standard InChI is InChI=1S/C8H15.Al.3H/c1-3-5-7-8-6-4-2;;;;/h1,3H,4-8H2,2H3;;;;. The summed E-state index contributed by atoms with van der Waals surface area (Å²) in [6.45, 7) is 7.40. The quantitative estimate of drug-likeness (QED) is 0.404. The summed E-state index contributed by atoms with van der Waals surface area (Å²) in [5.41, 5.74) is 0. The second-order valence-electron chi connectivity index (χ2n) is 2.09. The molecule has 0 atom stereocenters. The van der Waals surface area contributed by atoms with E-state index in [1.165, 1.54) is 25.7 Å². The molecule has 0 aliphatic rings. The first-order valence-corrected chi connectivity index (χ1v) is 3.45.